The Kier molecular flexibility index (Phi) is 6.79. The van der Waals surface area contributed by atoms with Crippen molar-refractivity contribution in [2.24, 2.45) is 5.92 Å². The second kappa shape index (κ2) is 8.83. The molecule has 0 heterocycles. The number of allylic oxidation sites excluding steroid dienone is 1. The summed E-state index contributed by atoms with van der Waals surface area (Å²) in [4.78, 5) is 0.251. The Bertz CT molecular complexity index is 779. The van der Waals surface area contributed by atoms with Crippen molar-refractivity contribution in [3.05, 3.63) is 72.4 Å². The summed E-state index contributed by atoms with van der Waals surface area (Å²) < 4.78 is 27.5. The zero-order valence-electron chi connectivity index (χ0n) is 14.7. The first-order valence-corrected chi connectivity index (χ1v) is 9.86. The van der Waals surface area contributed by atoms with Crippen LogP contribution in [0.15, 0.2) is 71.8 Å². The van der Waals surface area contributed by atoms with Crippen LogP contribution in [0.1, 0.15) is 25.3 Å². The Hall–Kier alpha value is -2.11. The molecule has 0 saturated heterocycles. The van der Waals surface area contributed by atoms with Crippen molar-refractivity contribution in [3.63, 3.8) is 0 Å². The van der Waals surface area contributed by atoms with Gasteiger partial charge in [0.15, 0.2) is 0 Å². The summed E-state index contributed by atoms with van der Waals surface area (Å²) in [5.74, 6) is 0.135. The third kappa shape index (κ3) is 4.94. The molecule has 0 amide bonds. The van der Waals surface area contributed by atoms with E-state index in [4.69, 9.17) is 0 Å². The third-order valence-corrected chi connectivity index (χ3v) is 5.85. The molecule has 0 bridgehead atoms. The van der Waals surface area contributed by atoms with Gasteiger partial charge in [0.2, 0.25) is 0 Å². The van der Waals surface area contributed by atoms with Crippen LogP contribution in [-0.2, 0) is 10.0 Å². The molecule has 25 heavy (non-hydrogen) atoms. The van der Waals surface area contributed by atoms with E-state index in [-0.39, 0.29) is 17.4 Å². The minimum absolute atomic E-state index is 0.0941. The number of anilines is 1. The van der Waals surface area contributed by atoms with E-state index in [9.17, 15) is 13.5 Å². The highest BCUT2D eigenvalue weighted by Crippen LogP contribution is 2.24. The molecule has 0 spiro atoms. The molecule has 5 heteroatoms. The number of benzene rings is 2. The van der Waals surface area contributed by atoms with Crippen LogP contribution in [-0.4, -0.2) is 20.1 Å². The number of sulfonamides is 1. The van der Waals surface area contributed by atoms with Gasteiger partial charge in [-0.15, -0.1) is 0 Å². The highest BCUT2D eigenvalue weighted by molar-refractivity contribution is 7.93. The predicted octanol–water partition coefficient (Wildman–Crippen LogP) is 4.11. The molecule has 1 N–H and O–H groups in total. The van der Waals surface area contributed by atoms with Crippen LogP contribution in [0.5, 0.6) is 0 Å². The molecular formula is C20H25NO3S. The second-order valence-corrected chi connectivity index (χ2v) is 7.84. The third-order valence-electron chi connectivity index (χ3n) is 4.13. The minimum atomic E-state index is -3.70. The Balaban J connectivity index is 2.37. The lowest BCUT2D eigenvalue weighted by molar-refractivity contribution is 0.224. The number of aryl methyl sites for hydroxylation is 1. The lowest BCUT2D eigenvalue weighted by Crippen LogP contribution is -2.25. The molecule has 134 valence electrons. The summed E-state index contributed by atoms with van der Waals surface area (Å²) in [6.07, 6.45) is 4.86. The van der Waals surface area contributed by atoms with Crippen LogP contribution in [0, 0.1) is 12.8 Å². The maximum Gasteiger partial charge on any atom is 0.268 e. The van der Waals surface area contributed by atoms with Gasteiger partial charge in [-0.05, 0) is 43.5 Å². The van der Waals surface area contributed by atoms with Crippen molar-refractivity contribution in [1.82, 2.24) is 0 Å². The fourth-order valence-corrected chi connectivity index (χ4v) is 3.78. The predicted molar refractivity (Wildman–Crippen MR) is 102 cm³/mol. The van der Waals surface area contributed by atoms with Crippen LogP contribution in [0.2, 0.25) is 0 Å². The first kappa shape index (κ1) is 19.2. The van der Waals surface area contributed by atoms with Gasteiger partial charge in [-0.2, -0.15) is 0 Å². The van der Waals surface area contributed by atoms with Gasteiger partial charge in [-0.25, -0.2) is 12.7 Å². The largest absolute Gasteiger partial charge is 0.396 e. The number of rotatable bonds is 8. The van der Waals surface area contributed by atoms with Gasteiger partial charge in [0.25, 0.3) is 10.0 Å². The van der Waals surface area contributed by atoms with Crippen LogP contribution >= 0.6 is 0 Å². The number of aliphatic hydroxyl groups is 1. The van der Waals surface area contributed by atoms with Crippen molar-refractivity contribution in [1.29, 1.82) is 0 Å². The van der Waals surface area contributed by atoms with Crippen molar-refractivity contribution in [2.45, 2.75) is 31.6 Å². The molecule has 0 saturated carbocycles. The normalized spacial score (nSPS) is 13.1. The summed E-state index contributed by atoms with van der Waals surface area (Å²) in [6, 6.07) is 15.8. The average Bonchev–Trinajstić information content (AvgIpc) is 2.63. The lowest BCUT2D eigenvalue weighted by Gasteiger charge is -2.21. The van der Waals surface area contributed by atoms with E-state index in [0.29, 0.717) is 12.1 Å². The Morgan fingerprint density at radius 3 is 2.28 bits per heavy atom. The van der Waals surface area contributed by atoms with Crippen LogP contribution in [0.3, 0.4) is 0 Å². The fraction of sp³-hybridized carbons (Fsp3) is 0.300. The van der Waals surface area contributed by atoms with Crippen molar-refractivity contribution >= 4 is 15.7 Å². The standard InChI is InChI=1S/C20H25NO3S/c1-3-18(16-22)8-7-15-21(19-9-5-4-6-10-19)25(23,24)20-13-11-17(2)12-14-20/h4-7,9-15,18,22H,3,8,16H2,1-2H3/b15-7+. The average molecular weight is 359 g/mol. The van der Waals surface area contributed by atoms with E-state index in [1.54, 1.807) is 42.6 Å². The summed E-state index contributed by atoms with van der Waals surface area (Å²) >= 11 is 0. The maximum absolute atomic E-state index is 13.1. The summed E-state index contributed by atoms with van der Waals surface area (Å²) in [7, 11) is -3.70. The number of para-hydroxylation sites is 1. The van der Waals surface area contributed by atoms with E-state index in [0.717, 1.165) is 12.0 Å². The van der Waals surface area contributed by atoms with Crippen molar-refractivity contribution in [3.8, 4) is 0 Å². The molecule has 4 nitrogen and oxygen atoms in total. The minimum Gasteiger partial charge on any atom is -0.396 e. The van der Waals surface area contributed by atoms with Crippen molar-refractivity contribution in [2.75, 3.05) is 10.9 Å². The molecule has 1 unspecified atom stereocenters. The summed E-state index contributed by atoms with van der Waals surface area (Å²) in [6.45, 7) is 4.02. The Morgan fingerprint density at radius 2 is 1.72 bits per heavy atom. The van der Waals surface area contributed by atoms with Gasteiger partial charge >= 0.3 is 0 Å². The highest BCUT2D eigenvalue weighted by atomic mass is 32.2. The van der Waals surface area contributed by atoms with Gasteiger partial charge in [-0.3, -0.25) is 0 Å². The molecule has 0 aliphatic carbocycles. The summed E-state index contributed by atoms with van der Waals surface area (Å²) in [5, 5.41) is 9.31. The van der Waals surface area contributed by atoms with E-state index >= 15 is 0 Å². The molecule has 0 fully saturated rings. The van der Waals surface area contributed by atoms with Crippen LogP contribution in [0.4, 0.5) is 5.69 Å². The molecule has 0 radical (unpaired) electrons. The number of aliphatic hydroxyl groups excluding tert-OH is 1. The van der Waals surface area contributed by atoms with Crippen molar-refractivity contribution < 1.29 is 13.5 Å². The van der Waals surface area contributed by atoms with E-state index in [1.165, 1.54) is 4.31 Å². The smallest absolute Gasteiger partial charge is 0.268 e. The quantitative estimate of drug-likeness (QED) is 0.771. The molecule has 0 aliphatic heterocycles. The number of hydrogen-bond donors (Lipinski definition) is 1. The van der Waals surface area contributed by atoms with E-state index in [2.05, 4.69) is 0 Å². The SMILES string of the molecule is CCC(CO)C/C=C/N(c1ccccc1)S(=O)(=O)c1ccc(C)cc1. The van der Waals surface area contributed by atoms with Gasteiger partial charge < -0.3 is 5.11 Å². The topological polar surface area (TPSA) is 57.6 Å². The molecule has 2 rings (SSSR count). The molecule has 2 aromatic rings. The first-order chi connectivity index (χ1) is 12.0. The van der Waals surface area contributed by atoms with E-state index < -0.39 is 10.0 Å². The van der Waals surface area contributed by atoms with Gasteiger partial charge in [-0.1, -0.05) is 55.3 Å². The maximum atomic E-state index is 13.1. The molecule has 1 atom stereocenters. The zero-order chi connectivity index (χ0) is 18.3. The summed E-state index contributed by atoms with van der Waals surface area (Å²) in [5.41, 5.74) is 1.59. The molecular weight excluding hydrogens is 334 g/mol. The number of hydrogen-bond acceptors (Lipinski definition) is 3. The lowest BCUT2D eigenvalue weighted by atomic mass is 10.0. The van der Waals surface area contributed by atoms with E-state index in [1.807, 2.05) is 38.1 Å². The monoisotopic (exact) mass is 359 g/mol. The van der Waals surface area contributed by atoms with Gasteiger partial charge in [0.05, 0.1) is 10.6 Å². The fourth-order valence-electron chi connectivity index (χ4n) is 2.42. The molecule has 0 aromatic heterocycles. The van der Waals surface area contributed by atoms with Gasteiger partial charge in [0.1, 0.15) is 0 Å². The number of nitrogens with zero attached hydrogens (tertiary/aromatic N) is 1. The highest BCUT2D eigenvalue weighted by Gasteiger charge is 2.22. The molecule has 0 aliphatic rings. The van der Waals surface area contributed by atoms with Crippen LogP contribution in [0.25, 0.3) is 0 Å². The van der Waals surface area contributed by atoms with Crippen LogP contribution < -0.4 is 4.31 Å². The Morgan fingerprint density at radius 1 is 1.08 bits per heavy atom. The zero-order valence-corrected chi connectivity index (χ0v) is 15.5. The molecule has 2 aromatic carbocycles. The first-order valence-electron chi connectivity index (χ1n) is 8.42. The Labute approximate surface area is 150 Å². The van der Waals surface area contributed by atoms with Gasteiger partial charge in [0, 0.05) is 12.8 Å². The second-order valence-electron chi connectivity index (χ2n) is 6.03.